The van der Waals surface area contributed by atoms with Crippen molar-refractivity contribution in [3.8, 4) is 0 Å². The lowest BCUT2D eigenvalue weighted by Gasteiger charge is -1.59. The summed E-state index contributed by atoms with van der Waals surface area (Å²) >= 11 is 0. The van der Waals surface area contributed by atoms with E-state index in [4.69, 9.17) is 20.4 Å². The van der Waals surface area contributed by atoms with Crippen LogP contribution >= 0.6 is 0 Å². The van der Waals surface area contributed by atoms with Gasteiger partial charge in [-0.05, 0) is 0 Å². The summed E-state index contributed by atoms with van der Waals surface area (Å²) in [6.45, 7) is 1.08. The van der Waals surface area contributed by atoms with E-state index in [2.05, 4.69) is 0 Å². The summed E-state index contributed by atoms with van der Waals surface area (Å²) in [7, 11) is 0. The fourth-order valence-corrected chi connectivity index (χ4v) is 0. The fourth-order valence-electron chi connectivity index (χ4n) is 0. The van der Waals surface area contributed by atoms with E-state index in [1.807, 2.05) is 0 Å². The summed E-state index contributed by atoms with van der Waals surface area (Å²) in [5, 5.41) is 19.4. The highest BCUT2D eigenvalue weighted by molar-refractivity contribution is 5.62. The Labute approximate surface area is 39.3 Å². The zero-order valence-electron chi connectivity index (χ0n) is 3.66. The van der Waals surface area contributed by atoms with Crippen LogP contribution in [0.15, 0.2) is 0 Å². The van der Waals surface area contributed by atoms with Crippen molar-refractivity contribution >= 4 is 5.97 Å². The fraction of sp³-hybridized carbons (Fsp3) is 0.500. The minimum absolute atomic E-state index is 0. The lowest BCUT2D eigenvalue weighted by molar-refractivity contribution is -0.176. The third-order valence-corrected chi connectivity index (χ3v) is 0. The van der Waals surface area contributed by atoms with Crippen LogP contribution in [0.25, 0.3) is 0 Å². The molecule has 0 fully saturated rings. The number of rotatable bonds is 0. The smallest absolute Gasteiger partial charge is 0.300 e. The first-order valence-electron chi connectivity index (χ1n) is 1.13. The van der Waals surface area contributed by atoms with Gasteiger partial charge in [-0.25, -0.2) is 0 Å². The molecule has 5 heteroatoms. The summed E-state index contributed by atoms with van der Waals surface area (Å²) < 4.78 is 0. The molecule has 0 aromatic rings. The largest absolute Gasteiger partial charge is 0.481 e. The number of hydrogen-bond donors (Lipinski definition) is 3. The molecule has 0 aliphatic rings. The summed E-state index contributed by atoms with van der Waals surface area (Å²) in [6, 6.07) is 0. The Morgan fingerprint density at radius 3 is 1.43 bits per heavy atom. The topological polar surface area (TPSA) is 77.8 Å². The van der Waals surface area contributed by atoms with Gasteiger partial charge in [0.1, 0.15) is 0 Å². The standard InChI is InChI=1S/C2H4O2.FH.H2O2/c1-2(3)4;;1-2/h1H3,(H,3,4);1H;1-2H. The highest BCUT2D eigenvalue weighted by atomic mass is 19.0. The van der Waals surface area contributed by atoms with Gasteiger partial charge in [0, 0.05) is 6.92 Å². The predicted octanol–water partition coefficient (Wildman–Crippen LogP) is 0.261. The van der Waals surface area contributed by atoms with Gasteiger partial charge < -0.3 is 5.11 Å². The third-order valence-electron chi connectivity index (χ3n) is 0. The normalized spacial score (nSPS) is 4.43. The van der Waals surface area contributed by atoms with Crippen molar-refractivity contribution in [2.24, 2.45) is 0 Å². The first kappa shape index (κ1) is 16.2. The Bertz CT molecular complexity index is 32.7. The summed E-state index contributed by atoms with van der Waals surface area (Å²) in [4.78, 5) is 9.00. The molecule has 0 bridgehead atoms. The summed E-state index contributed by atoms with van der Waals surface area (Å²) in [5.41, 5.74) is 0. The highest BCUT2D eigenvalue weighted by Crippen LogP contribution is 1.42. The van der Waals surface area contributed by atoms with Crippen molar-refractivity contribution in [3.63, 3.8) is 0 Å². The molecule has 0 atom stereocenters. The molecule has 0 aliphatic heterocycles. The van der Waals surface area contributed by atoms with Gasteiger partial charge in [0.25, 0.3) is 5.97 Å². The Kier molecular flexibility index (Phi) is 42.8. The molecular weight excluding hydrogens is 107 g/mol. The molecule has 0 amide bonds. The minimum Gasteiger partial charge on any atom is -0.481 e. The average molecular weight is 114 g/mol. The molecule has 0 saturated heterocycles. The number of hydrogen-bond acceptors (Lipinski definition) is 3. The molecule has 0 aromatic carbocycles. The second-order valence-electron chi connectivity index (χ2n) is 0.519. The van der Waals surface area contributed by atoms with E-state index in [9.17, 15) is 0 Å². The Balaban J connectivity index is -0.0000000480. The van der Waals surface area contributed by atoms with Gasteiger partial charge in [0.05, 0.1) is 0 Å². The van der Waals surface area contributed by atoms with Crippen LogP contribution in [-0.4, -0.2) is 21.6 Å². The van der Waals surface area contributed by atoms with Crippen molar-refractivity contribution < 1.29 is 25.1 Å². The molecule has 0 rings (SSSR count). The van der Waals surface area contributed by atoms with Gasteiger partial charge in [-0.3, -0.25) is 20.0 Å². The molecule has 0 unspecified atom stereocenters. The van der Waals surface area contributed by atoms with Crippen LogP contribution in [0.1, 0.15) is 6.92 Å². The van der Waals surface area contributed by atoms with E-state index in [0.29, 0.717) is 0 Å². The van der Waals surface area contributed by atoms with E-state index in [1.54, 1.807) is 0 Å². The maximum Gasteiger partial charge on any atom is 0.300 e. The molecule has 0 aliphatic carbocycles. The van der Waals surface area contributed by atoms with Gasteiger partial charge in [-0.15, -0.1) is 0 Å². The number of halogens is 1. The first-order valence-corrected chi connectivity index (χ1v) is 1.13. The highest BCUT2D eigenvalue weighted by Gasteiger charge is 1.65. The van der Waals surface area contributed by atoms with Gasteiger partial charge in [0.15, 0.2) is 0 Å². The van der Waals surface area contributed by atoms with Crippen LogP contribution in [0.2, 0.25) is 0 Å². The molecular formula is C2H7FO4. The lowest BCUT2D eigenvalue weighted by atomic mass is 10.9. The molecule has 7 heavy (non-hydrogen) atoms. The molecule has 46 valence electrons. The monoisotopic (exact) mass is 114 g/mol. The van der Waals surface area contributed by atoms with E-state index in [1.165, 1.54) is 0 Å². The van der Waals surface area contributed by atoms with Crippen molar-refractivity contribution in [2.75, 3.05) is 0 Å². The third kappa shape index (κ3) is 127. The molecule has 0 radical (unpaired) electrons. The van der Waals surface area contributed by atoms with Crippen LogP contribution in [0.4, 0.5) is 4.70 Å². The van der Waals surface area contributed by atoms with Crippen LogP contribution in [-0.2, 0) is 4.79 Å². The van der Waals surface area contributed by atoms with Crippen LogP contribution in [0, 0.1) is 0 Å². The van der Waals surface area contributed by atoms with Gasteiger partial charge in [-0.1, -0.05) is 0 Å². The van der Waals surface area contributed by atoms with E-state index < -0.39 is 5.97 Å². The molecule has 0 spiro atoms. The first-order chi connectivity index (χ1) is 2.73. The quantitative estimate of drug-likeness (QED) is 0.312. The van der Waals surface area contributed by atoms with Crippen molar-refractivity contribution in [1.29, 1.82) is 0 Å². The summed E-state index contributed by atoms with van der Waals surface area (Å²) in [6.07, 6.45) is 0. The van der Waals surface area contributed by atoms with Crippen LogP contribution in [0.5, 0.6) is 0 Å². The lowest BCUT2D eigenvalue weighted by Crippen LogP contribution is -1.78. The van der Waals surface area contributed by atoms with Crippen molar-refractivity contribution in [3.05, 3.63) is 0 Å². The second-order valence-corrected chi connectivity index (χ2v) is 0.519. The molecule has 4 nitrogen and oxygen atoms in total. The Hall–Kier alpha value is -0.680. The van der Waals surface area contributed by atoms with Gasteiger partial charge in [0.2, 0.25) is 0 Å². The summed E-state index contributed by atoms with van der Waals surface area (Å²) in [5.74, 6) is -0.833. The molecule has 3 N–H and O–H groups in total. The van der Waals surface area contributed by atoms with E-state index in [0.717, 1.165) is 6.92 Å². The molecule has 0 aromatic heterocycles. The maximum atomic E-state index is 9.00. The Morgan fingerprint density at radius 1 is 1.43 bits per heavy atom. The van der Waals surface area contributed by atoms with Crippen LogP contribution in [0.3, 0.4) is 0 Å². The zero-order chi connectivity index (χ0) is 5.58. The zero-order valence-corrected chi connectivity index (χ0v) is 3.66. The van der Waals surface area contributed by atoms with Crippen LogP contribution < -0.4 is 0 Å². The number of carboxylic acids is 1. The number of carboxylic acid groups (broad SMARTS) is 1. The van der Waals surface area contributed by atoms with E-state index in [-0.39, 0.29) is 4.70 Å². The SMILES string of the molecule is CC(=O)O.F.OO. The maximum absolute atomic E-state index is 9.00. The molecule has 0 saturated carbocycles. The van der Waals surface area contributed by atoms with E-state index >= 15 is 0 Å². The number of aliphatic carboxylic acids is 1. The minimum atomic E-state index is -0.833. The number of carbonyl (C=O) groups is 1. The van der Waals surface area contributed by atoms with Gasteiger partial charge >= 0.3 is 0 Å². The average Bonchev–Trinajstić information content (AvgIpc) is 1.41. The molecule has 0 heterocycles. The van der Waals surface area contributed by atoms with Gasteiger partial charge in [-0.2, -0.15) is 0 Å². The Morgan fingerprint density at radius 2 is 1.43 bits per heavy atom. The van der Waals surface area contributed by atoms with Crippen molar-refractivity contribution in [2.45, 2.75) is 6.92 Å². The van der Waals surface area contributed by atoms with Crippen molar-refractivity contribution in [1.82, 2.24) is 0 Å². The predicted molar refractivity (Wildman–Crippen MR) is 21.1 cm³/mol. The second kappa shape index (κ2) is 18.4.